The Morgan fingerprint density at radius 1 is 1.39 bits per heavy atom. The van der Waals surface area contributed by atoms with Crippen LogP contribution in [0.25, 0.3) is 5.57 Å². The molecule has 1 aliphatic rings. The molecule has 1 aromatic heterocycles. The maximum absolute atomic E-state index is 13.3. The summed E-state index contributed by atoms with van der Waals surface area (Å²) in [7, 11) is 0. The lowest BCUT2D eigenvalue weighted by molar-refractivity contribution is -0.137. The van der Waals surface area contributed by atoms with Gasteiger partial charge >= 0.3 is 12.3 Å². The molecule has 0 bridgehead atoms. The van der Waals surface area contributed by atoms with Crippen molar-refractivity contribution in [1.29, 1.82) is 5.26 Å². The van der Waals surface area contributed by atoms with Crippen LogP contribution in [0.15, 0.2) is 17.3 Å². The van der Waals surface area contributed by atoms with E-state index < -0.39 is 34.2 Å². The molecule has 1 fully saturated rings. The van der Waals surface area contributed by atoms with E-state index in [1.165, 1.54) is 12.3 Å². The Kier molecular flexibility index (Phi) is 7.54. The minimum Gasteiger partial charge on any atom is -0.444 e. The van der Waals surface area contributed by atoms with E-state index in [9.17, 15) is 18.0 Å². The van der Waals surface area contributed by atoms with E-state index in [2.05, 4.69) is 9.98 Å². The van der Waals surface area contributed by atoms with Gasteiger partial charge in [0.05, 0.1) is 17.3 Å². The number of nitriles is 1. The molecule has 2 N–H and O–H groups in total. The first-order valence-electron chi connectivity index (χ1n) is 9.47. The Bertz CT molecular complexity index is 924. The molecule has 0 unspecified atom stereocenters. The maximum atomic E-state index is 13.3. The lowest BCUT2D eigenvalue weighted by atomic mass is 10.0. The molecule has 1 amide bonds. The highest BCUT2D eigenvalue weighted by Crippen LogP contribution is 2.35. The first-order valence-corrected chi connectivity index (χ1v) is 9.84. The van der Waals surface area contributed by atoms with E-state index in [4.69, 9.17) is 27.3 Å². The van der Waals surface area contributed by atoms with Gasteiger partial charge in [0.2, 0.25) is 0 Å². The number of pyridine rings is 1. The fourth-order valence-corrected chi connectivity index (χ4v) is 3.13. The zero-order chi connectivity index (χ0) is 23.4. The molecule has 0 aromatic carbocycles. The third-order valence-corrected chi connectivity index (χ3v) is 4.68. The van der Waals surface area contributed by atoms with Gasteiger partial charge in [-0.05, 0) is 39.7 Å². The van der Waals surface area contributed by atoms with Crippen LogP contribution in [0.3, 0.4) is 0 Å². The highest BCUT2D eigenvalue weighted by atomic mass is 35.5. The van der Waals surface area contributed by atoms with E-state index >= 15 is 0 Å². The number of alkyl halides is 3. The molecule has 7 nitrogen and oxygen atoms in total. The SMILES string of the molecule is CC(C)(C)OC(=O)N1CCC(N=CC(=CN)c2cc(C(F)(F)F)c(C#N)c(Cl)n2)CC1. The number of amides is 1. The predicted octanol–water partition coefficient (Wildman–Crippen LogP) is 4.40. The molecule has 31 heavy (non-hydrogen) atoms. The summed E-state index contributed by atoms with van der Waals surface area (Å²) in [6, 6.07) is 2.00. The molecule has 168 valence electrons. The van der Waals surface area contributed by atoms with Crippen LogP contribution in [0.4, 0.5) is 18.0 Å². The third kappa shape index (κ3) is 6.59. The number of likely N-dealkylation sites (tertiary alicyclic amines) is 1. The second-order valence-electron chi connectivity index (χ2n) is 7.93. The monoisotopic (exact) mass is 457 g/mol. The third-order valence-electron chi connectivity index (χ3n) is 4.41. The zero-order valence-electron chi connectivity index (χ0n) is 17.3. The molecule has 1 saturated heterocycles. The van der Waals surface area contributed by atoms with Crippen molar-refractivity contribution in [3.63, 3.8) is 0 Å². The lowest BCUT2D eigenvalue weighted by Crippen LogP contribution is -2.42. The van der Waals surface area contributed by atoms with Gasteiger partial charge in [0.25, 0.3) is 0 Å². The summed E-state index contributed by atoms with van der Waals surface area (Å²) in [5, 5.41) is 8.40. The molecule has 1 aromatic rings. The number of carbonyl (C=O) groups excluding carboxylic acids is 1. The average Bonchev–Trinajstić information content (AvgIpc) is 2.66. The largest absolute Gasteiger partial charge is 0.444 e. The molecular weight excluding hydrogens is 435 g/mol. The molecule has 0 spiro atoms. The number of nitrogens with zero attached hydrogens (tertiary/aromatic N) is 4. The number of allylic oxidation sites excluding steroid dienone is 1. The first-order chi connectivity index (χ1) is 14.4. The van der Waals surface area contributed by atoms with E-state index in [-0.39, 0.29) is 17.3 Å². The van der Waals surface area contributed by atoms with E-state index in [1.807, 2.05) is 0 Å². The fraction of sp³-hybridized carbons (Fsp3) is 0.500. The molecule has 0 saturated carbocycles. The van der Waals surface area contributed by atoms with Gasteiger partial charge < -0.3 is 15.4 Å². The number of aliphatic imine (C=N–C) groups is 1. The van der Waals surface area contributed by atoms with E-state index in [0.717, 1.165) is 12.3 Å². The van der Waals surface area contributed by atoms with E-state index in [1.54, 1.807) is 25.7 Å². The van der Waals surface area contributed by atoms with Gasteiger partial charge in [0.15, 0.2) is 0 Å². The number of aromatic nitrogens is 1. The summed E-state index contributed by atoms with van der Waals surface area (Å²) in [6.45, 7) is 6.25. The Morgan fingerprint density at radius 2 is 2.00 bits per heavy atom. The molecule has 0 aliphatic carbocycles. The van der Waals surface area contributed by atoms with Crippen LogP contribution in [0.5, 0.6) is 0 Å². The number of ether oxygens (including phenoxy) is 1. The van der Waals surface area contributed by atoms with Crippen LogP contribution < -0.4 is 5.73 Å². The van der Waals surface area contributed by atoms with Crippen LogP contribution in [0.2, 0.25) is 5.15 Å². The Hall–Kier alpha value is -2.80. The molecule has 2 heterocycles. The predicted molar refractivity (Wildman–Crippen MR) is 110 cm³/mol. The Balaban J connectivity index is 2.12. The minimum atomic E-state index is -4.78. The minimum absolute atomic E-state index is 0.131. The molecule has 0 atom stereocenters. The first kappa shape index (κ1) is 24.5. The van der Waals surface area contributed by atoms with Gasteiger partial charge in [0.1, 0.15) is 22.4 Å². The highest BCUT2D eigenvalue weighted by Gasteiger charge is 2.36. The quantitative estimate of drug-likeness (QED) is 0.535. The second kappa shape index (κ2) is 9.56. The summed E-state index contributed by atoms with van der Waals surface area (Å²) in [5.74, 6) is 0. The normalized spacial score (nSPS) is 16.5. The Morgan fingerprint density at radius 3 is 2.48 bits per heavy atom. The molecule has 1 aliphatic heterocycles. The van der Waals surface area contributed by atoms with Gasteiger partial charge in [-0.25, -0.2) is 9.78 Å². The van der Waals surface area contributed by atoms with Gasteiger partial charge in [-0.2, -0.15) is 18.4 Å². The Labute approximate surface area is 183 Å². The van der Waals surface area contributed by atoms with Gasteiger partial charge in [0, 0.05) is 31.1 Å². The molecule has 2 rings (SSSR count). The van der Waals surface area contributed by atoms with Crippen molar-refractivity contribution in [2.45, 2.75) is 51.4 Å². The van der Waals surface area contributed by atoms with Crippen molar-refractivity contribution >= 4 is 29.5 Å². The molecule has 11 heteroatoms. The fourth-order valence-electron chi connectivity index (χ4n) is 2.90. The average molecular weight is 458 g/mol. The number of rotatable bonds is 3. The van der Waals surface area contributed by atoms with Crippen LogP contribution in [0.1, 0.15) is 50.4 Å². The van der Waals surface area contributed by atoms with Crippen LogP contribution >= 0.6 is 11.6 Å². The summed E-state index contributed by atoms with van der Waals surface area (Å²) in [5.41, 5.74) is 3.03. The number of nitrogens with two attached hydrogens (primary N) is 1. The van der Waals surface area contributed by atoms with Crippen molar-refractivity contribution < 1.29 is 22.7 Å². The van der Waals surface area contributed by atoms with Crippen molar-refractivity contribution in [2.24, 2.45) is 10.7 Å². The summed E-state index contributed by atoms with van der Waals surface area (Å²) in [6.07, 6.45) is -1.65. The smallest absolute Gasteiger partial charge is 0.417 e. The number of carbonyl (C=O) groups is 1. The van der Waals surface area contributed by atoms with Crippen LogP contribution in [-0.2, 0) is 10.9 Å². The summed E-state index contributed by atoms with van der Waals surface area (Å²) < 4.78 is 45.2. The topological polar surface area (TPSA) is 105 Å². The molecular formula is C20H23ClF3N5O2. The van der Waals surface area contributed by atoms with Crippen LogP contribution in [-0.4, -0.2) is 46.9 Å². The summed E-state index contributed by atoms with van der Waals surface area (Å²) >= 11 is 5.79. The van der Waals surface area contributed by atoms with Crippen molar-refractivity contribution in [3.05, 3.63) is 34.2 Å². The number of piperidine rings is 1. The van der Waals surface area contributed by atoms with Crippen molar-refractivity contribution in [1.82, 2.24) is 9.88 Å². The number of halogens is 4. The van der Waals surface area contributed by atoms with Gasteiger partial charge in [-0.3, -0.25) is 4.99 Å². The van der Waals surface area contributed by atoms with Crippen molar-refractivity contribution in [2.75, 3.05) is 13.1 Å². The van der Waals surface area contributed by atoms with Gasteiger partial charge in [-0.15, -0.1) is 0 Å². The standard InChI is InChI=1S/C20H23ClF3N5O2/c1-19(2,3)31-18(30)29-6-4-13(5-7-29)27-11-12(9-25)16-8-15(20(22,23)24)14(10-26)17(21)28-16/h8-9,11,13H,4-7,25H2,1-3H3. The second-order valence-corrected chi connectivity index (χ2v) is 8.29. The lowest BCUT2D eigenvalue weighted by Gasteiger charge is -2.32. The van der Waals surface area contributed by atoms with E-state index in [0.29, 0.717) is 25.9 Å². The molecule has 0 radical (unpaired) electrons. The van der Waals surface area contributed by atoms with Crippen LogP contribution in [0, 0.1) is 11.3 Å². The summed E-state index contributed by atoms with van der Waals surface area (Å²) in [4.78, 5) is 21.9. The zero-order valence-corrected chi connectivity index (χ0v) is 18.1. The number of hydrogen-bond acceptors (Lipinski definition) is 6. The van der Waals surface area contributed by atoms with Gasteiger partial charge in [-0.1, -0.05) is 11.6 Å². The highest BCUT2D eigenvalue weighted by molar-refractivity contribution is 6.30. The number of hydrogen-bond donors (Lipinski definition) is 1. The van der Waals surface area contributed by atoms with Crippen molar-refractivity contribution in [3.8, 4) is 6.07 Å². The maximum Gasteiger partial charge on any atom is 0.417 e.